The Morgan fingerprint density at radius 1 is 0.765 bits per heavy atom. The monoisotopic (exact) mass is 491 g/mol. The standard InChI is InChI=1S/C29H34N2OS2/c1-3-30(4-2)20-10-11-21-31(23-24-16-17-25-12-8-9-15-27(25)22-24)34(32)29-19-18-28(33-29)26-13-6-5-7-14-26/h5-9,12-19,22H,3-4,10-11,20-21,23H2,1-2H3/p+1. The van der Waals surface area contributed by atoms with Gasteiger partial charge in [0.05, 0.1) is 6.54 Å². The number of nitrogens with zero attached hydrogens (tertiary/aromatic N) is 2. The summed E-state index contributed by atoms with van der Waals surface area (Å²) in [5, 5.41) is 2.48. The summed E-state index contributed by atoms with van der Waals surface area (Å²) in [5.74, 6) is 0. The summed E-state index contributed by atoms with van der Waals surface area (Å²) in [6.45, 7) is 9.24. The lowest BCUT2D eigenvalue weighted by Crippen LogP contribution is -2.28. The minimum atomic E-state index is -1.63. The van der Waals surface area contributed by atoms with Crippen LogP contribution in [0.25, 0.3) is 21.2 Å². The van der Waals surface area contributed by atoms with Gasteiger partial charge in [0.2, 0.25) is 4.21 Å². The molecule has 0 aliphatic rings. The summed E-state index contributed by atoms with van der Waals surface area (Å²) in [7, 11) is -1.63. The molecule has 0 N–H and O–H groups in total. The lowest BCUT2D eigenvalue weighted by molar-refractivity contribution is 0.290. The predicted octanol–water partition coefficient (Wildman–Crippen LogP) is 7.16. The zero-order chi connectivity index (χ0) is 23.8. The third-order valence-corrected chi connectivity index (χ3v) is 9.37. The van der Waals surface area contributed by atoms with Crippen molar-refractivity contribution in [2.45, 2.75) is 37.4 Å². The van der Waals surface area contributed by atoms with Crippen molar-refractivity contribution in [3.05, 3.63) is 90.5 Å². The second kappa shape index (κ2) is 12.4. The van der Waals surface area contributed by atoms with E-state index in [1.807, 2.05) is 6.07 Å². The quantitative estimate of drug-likeness (QED) is 0.119. The first-order chi connectivity index (χ1) is 16.7. The van der Waals surface area contributed by atoms with Crippen LogP contribution >= 0.6 is 11.3 Å². The van der Waals surface area contributed by atoms with Gasteiger partial charge >= 0.3 is 0 Å². The maximum atomic E-state index is 13.8. The molecule has 0 radical (unpaired) electrons. The van der Waals surface area contributed by atoms with E-state index in [1.54, 1.807) is 11.3 Å². The number of hydrogen-bond acceptors (Lipinski definition) is 3. The van der Waals surface area contributed by atoms with Gasteiger partial charge in [0.1, 0.15) is 0 Å². The number of thiol groups is 1. The first-order valence-electron chi connectivity index (χ1n) is 12.3. The third-order valence-electron chi connectivity index (χ3n) is 6.31. The van der Waals surface area contributed by atoms with Gasteiger partial charge in [0.15, 0.2) is 11.0 Å². The van der Waals surface area contributed by atoms with Crippen LogP contribution in [0, 0.1) is 0 Å². The Kier molecular flexibility index (Phi) is 9.05. The lowest BCUT2D eigenvalue weighted by Gasteiger charge is -2.19. The van der Waals surface area contributed by atoms with E-state index in [4.69, 9.17) is 0 Å². The van der Waals surface area contributed by atoms with Crippen molar-refractivity contribution in [1.29, 1.82) is 0 Å². The van der Waals surface area contributed by atoms with Gasteiger partial charge < -0.3 is 4.90 Å². The first-order valence-corrected chi connectivity index (χ1v) is 14.3. The molecule has 178 valence electrons. The maximum absolute atomic E-state index is 13.8. The molecule has 34 heavy (non-hydrogen) atoms. The molecule has 0 fully saturated rings. The van der Waals surface area contributed by atoms with Gasteiger partial charge in [-0.05, 0) is 66.5 Å². The number of thiophene rings is 1. The highest BCUT2D eigenvalue weighted by Crippen LogP contribution is 2.31. The predicted molar refractivity (Wildman–Crippen MR) is 149 cm³/mol. The minimum Gasteiger partial charge on any atom is -0.304 e. The number of rotatable bonds is 12. The van der Waals surface area contributed by atoms with Crippen LogP contribution in [-0.2, 0) is 21.7 Å². The smallest absolute Gasteiger partial charge is 0.229 e. The minimum absolute atomic E-state index is 0.698. The van der Waals surface area contributed by atoms with Crippen LogP contribution in [0.4, 0.5) is 0 Å². The van der Waals surface area contributed by atoms with Crippen molar-refractivity contribution < 1.29 is 4.21 Å². The van der Waals surface area contributed by atoms with E-state index in [2.05, 4.69) is 102 Å². The van der Waals surface area contributed by atoms with Crippen molar-refractivity contribution in [3.63, 3.8) is 0 Å². The van der Waals surface area contributed by atoms with Gasteiger partial charge in [0.25, 0.3) is 0 Å². The zero-order valence-electron chi connectivity index (χ0n) is 20.2. The Morgan fingerprint density at radius 2 is 1.47 bits per heavy atom. The Morgan fingerprint density at radius 3 is 2.24 bits per heavy atom. The van der Waals surface area contributed by atoms with E-state index in [9.17, 15) is 4.21 Å². The van der Waals surface area contributed by atoms with Crippen LogP contribution in [-0.4, -0.2) is 35.4 Å². The molecule has 0 saturated carbocycles. The number of unbranched alkanes of at least 4 members (excludes halogenated alkanes) is 1. The normalized spacial score (nSPS) is 12.6. The maximum Gasteiger partial charge on any atom is 0.229 e. The summed E-state index contributed by atoms with van der Waals surface area (Å²) < 4.78 is 16.9. The molecule has 5 heteroatoms. The topological polar surface area (TPSA) is 23.6 Å². The second-order valence-electron chi connectivity index (χ2n) is 8.58. The molecule has 4 rings (SSSR count). The van der Waals surface area contributed by atoms with Gasteiger partial charge in [-0.15, -0.1) is 4.31 Å². The first kappa shape index (κ1) is 24.8. The van der Waals surface area contributed by atoms with Crippen molar-refractivity contribution in [2.24, 2.45) is 0 Å². The summed E-state index contributed by atoms with van der Waals surface area (Å²) in [5.41, 5.74) is 2.40. The van der Waals surface area contributed by atoms with Crippen LogP contribution < -0.4 is 0 Å². The largest absolute Gasteiger partial charge is 0.304 e. The molecule has 0 aliphatic carbocycles. The second-order valence-corrected chi connectivity index (χ2v) is 11.6. The summed E-state index contributed by atoms with van der Waals surface area (Å²) in [4.78, 5) is 3.63. The molecular weight excluding hydrogens is 456 g/mol. The highest BCUT2D eigenvalue weighted by molar-refractivity contribution is 7.85. The highest BCUT2D eigenvalue weighted by Gasteiger charge is 2.24. The van der Waals surface area contributed by atoms with Gasteiger partial charge in [-0.3, -0.25) is 0 Å². The molecule has 0 spiro atoms. The fourth-order valence-corrected chi connectivity index (χ4v) is 7.08. The molecule has 3 aromatic carbocycles. The molecule has 1 atom stereocenters. The van der Waals surface area contributed by atoms with Crippen molar-refractivity contribution in [1.82, 2.24) is 9.21 Å². The Hall–Kier alpha value is -2.31. The third kappa shape index (κ3) is 6.42. The molecule has 0 bridgehead atoms. The molecule has 1 heterocycles. The zero-order valence-corrected chi connectivity index (χ0v) is 21.9. The van der Waals surface area contributed by atoms with Crippen molar-refractivity contribution >= 4 is 33.1 Å². The lowest BCUT2D eigenvalue weighted by atomic mass is 10.1. The summed E-state index contributed by atoms with van der Waals surface area (Å²) in [6, 6.07) is 29.6. The van der Waals surface area contributed by atoms with Crippen molar-refractivity contribution in [3.8, 4) is 10.4 Å². The number of hydrogen-bond donors (Lipinski definition) is 0. The summed E-state index contributed by atoms with van der Waals surface area (Å²) >= 11 is 1.65. The van der Waals surface area contributed by atoms with Crippen LogP contribution in [0.15, 0.2) is 89.1 Å². The van der Waals surface area contributed by atoms with Crippen LogP contribution in [0.2, 0.25) is 0 Å². The SMILES string of the molecule is CCN(CC)CCCCN(Cc1ccc2ccccc2c1)[SH+](=O)c1ccc(-c2ccccc2)s1. The van der Waals surface area contributed by atoms with Gasteiger partial charge in [-0.25, -0.2) is 0 Å². The van der Waals surface area contributed by atoms with E-state index < -0.39 is 11.0 Å². The van der Waals surface area contributed by atoms with Crippen LogP contribution in [0.5, 0.6) is 0 Å². The fraction of sp³-hybridized carbons (Fsp3) is 0.310. The summed E-state index contributed by atoms with van der Waals surface area (Å²) in [6.07, 6.45) is 2.17. The number of benzene rings is 3. The Balaban J connectivity index is 1.51. The molecule has 0 saturated heterocycles. The van der Waals surface area contributed by atoms with Crippen LogP contribution in [0.1, 0.15) is 32.3 Å². The average Bonchev–Trinajstić information content (AvgIpc) is 3.38. The molecule has 0 amide bonds. The molecule has 1 unspecified atom stereocenters. The molecule has 0 aliphatic heterocycles. The Labute approximate surface area is 210 Å². The van der Waals surface area contributed by atoms with Gasteiger partial charge in [0, 0.05) is 17.5 Å². The Bertz CT molecular complexity index is 1200. The van der Waals surface area contributed by atoms with Gasteiger partial charge in [-0.1, -0.05) is 96.1 Å². The van der Waals surface area contributed by atoms with Gasteiger partial charge in [-0.2, -0.15) is 0 Å². The molecule has 3 nitrogen and oxygen atoms in total. The molecule has 4 aromatic rings. The van der Waals surface area contributed by atoms with E-state index in [0.29, 0.717) is 6.54 Å². The van der Waals surface area contributed by atoms with Crippen molar-refractivity contribution in [2.75, 3.05) is 26.2 Å². The van der Waals surface area contributed by atoms with E-state index in [1.165, 1.54) is 26.8 Å². The van der Waals surface area contributed by atoms with E-state index >= 15 is 0 Å². The molecule has 1 aromatic heterocycles. The number of fused-ring (bicyclic) bond motifs is 1. The van der Waals surface area contributed by atoms with E-state index in [-0.39, 0.29) is 0 Å². The average molecular weight is 492 g/mol. The highest BCUT2D eigenvalue weighted by atomic mass is 32.2. The van der Waals surface area contributed by atoms with E-state index in [0.717, 1.165) is 43.2 Å². The molecular formula is C29H35N2OS2+. The van der Waals surface area contributed by atoms with Crippen LogP contribution in [0.3, 0.4) is 0 Å². The fourth-order valence-electron chi connectivity index (χ4n) is 4.28.